The first kappa shape index (κ1) is 14.4. The van der Waals surface area contributed by atoms with Crippen molar-refractivity contribution in [3.63, 3.8) is 0 Å². The number of carbonyl (C=O) groups is 1. The second kappa shape index (κ2) is 7.66. The molecule has 0 radical (unpaired) electrons. The van der Waals surface area contributed by atoms with Gasteiger partial charge in [0.1, 0.15) is 6.04 Å². The van der Waals surface area contributed by atoms with E-state index in [1.165, 1.54) is 0 Å². The molecule has 0 heterocycles. The lowest BCUT2D eigenvalue weighted by Gasteiger charge is -2.17. The van der Waals surface area contributed by atoms with E-state index in [1.807, 2.05) is 37.3 Å². The van der Waals surface area contributed by atoms with Crippen molar-refractivity contribution in [1.29, 1.82) is 0 Å². The second-order valence-corrected chi connectivity index (χ2v) is 4.41. The molecule has 1 aromatic carbocycles. The molecule has 5 heteroatoms. The lowest BCUT2D eigenvalue weighted by Crippen LogP contribution is -2.42. The van der Waals surface area contributed by atoms with Gasteiger partial charge in [-0.05, 0) is 30.8 Å². The zero-order chi connectivity index (χ0) is 13.4. The first-order valence-electron chi connectivity index (χ1n) is 5.99. The number of hydrogen-bond acceptors (Lipinski definition) is 2. The Kier molecular flexibility index (Phi) is 6.14. The third kappa shape index (κ3) is 5.14. The fourth-order valence-corrected chi connectivity index (χ4v) is 1.77. The summed E-state index contributed by atoms with van der Waals surface area (Å²) in [6.07, 6.45) is 2.39. The molecule has 3 N–H and O–H groups in total. The van der Waals surface area contributed by atoms with Crippen LogP contribution in [0.4, 0.5) is 5.69 Å². The number of unbranched alkanes of at least 4 members (excludes halogenated alkanes) is 1. The molecule has 0 spiro atoms. The summed E-state index contributed by atoms with van der Waals surface area (Å²) < 4.78 is 0. The Balaban J connectivity index is 2.48. The summed E-state index contributed by atoms with van der Waals surface area (Å²) in [5, 5.41) is 15.2. The molecular formula is C13H18N2O2S. The first-order chi connectivity index (χ1) is 8.63. The smallest absolute Gasteiger partial charge is 0.326 e. The molecule has 4 nitrogen and oxygen atoms in total. The molecule has 0 saturated carbocycles. The molecule has 1 atom stereocenters. The van der Waals surface area contributed by atoms with Gasteiger partial charge in [-0.2, -0.15) is 0 Å². The lowest BCUT2D eigenvalue weighted by atomic mass is 10.1. The molecule has 0 bridgehead atoms. The molecule has 0 fully saturated rings. The zero-order valence-corrected chi connectivity index (χ0v) is 11.2. The highest BCUT2D eigenvalue weighted by Gasteiger charge is 2.17. The lowest BCUT2D eigenvalue weighted by molar-refractivity contribution is -0.139. The maximum atomic E-state index is 11.0. The normalized spacial score (nSPS) is 11.6. The summed E-state index contributed by atoms with van der Waals surface area (Å²) >= 11 is 5.10. The standard InChI is InChI=1S/C13H18N2O2S/c1-2-3-9-11(12(16)17)15-13(18)14-10-7-5-4-6-8-10/h4-8,11H,2-3,9H2,1H3,(H,16,17)(H2,14,15,18)/t11-/m1/s1. The largest absolute Gasteiger partial charge is 0.480 e. The molecule has 0 amide bonds. The van der Waals surface area contributed by atoms with Crippen molar-refractivity contribution in [3.05, 3.63) is 30.3 Å². The van der Waals surface area contributed by atoms with Gasteiger partial charge in [-0.25, -0.2) is 4.79 Å². The molecular weight excluding hydrogens is 248 g/mol. The van der Waals surface area contributed by atoms with Crippen molar-refractivity contribution < 1.29 is 9.90 Å². The van der Waals surface area contributed by atoms with E-state index in [-0.39, 0.29) is 0 Å². The van der Waals surface area contributed by atoms with Crippen molar-refractivity contribution in [2.45, 2.75) is 32.2 Å². The van der Waals surface area contributed by atoms with E-state index in [9.17, 15) is 4.79 Å². The number of para-hydroxylation sites is 1. The third-order valence-electron chi connectivity index (χ3n) is 2.48. The Morgan fingerprint density at radius 2 is 2.06 bits per heavy atom. The molecule has 0 aliphatic heterocycles. The average molecular weight is 266 g/mol. The van der Waals surface area contributed by atoms with Gasteiger partial charge < -0.3 is 15.7 Å². The molecule has 1 rings (SSSR count). The van der Waals surface area contributed by atoms with Crippen LogP contribution in [0.2, 0.25) is 0 Å². The Morgan fingerprint density at radius 3 is 2.61 bits per heavy atom. The minimum Gasteiger partial charge on any atom is -0.480 e. The fraction of sp³-hybridized carbons (Fsp3) is 0.385. The number of rotatable bonds is 6. The van der Waals surface area contributed by atoms with Gasteiger partial charge in [-0.3, -0.25) is 0 Å². The number of hydrogen-bond donors (Lipinski definition) is 3. The number of carboxylic acids is 1. The van der Waals surface area contributed by atoms with Crippen molar-refractivity contribution in [1.82, 2.24) is 5.32 Å². The molecule has 0 aliphatic carbocycles. The predicted molar refractivity (Wildman–Crippen MR) is 76.7 cm³/mol. The Bertz CT molecular complexity index is 395. The average Bonchev–Trinajstić information content (AvgIpc) is 2.35. The van der Waals surface area contributed by atoms with Crippen LogP contribution in [0.1, 0.15) is 26.2 Å². The molecule has 0 saturated heterocycles. The zero-order valence-electron chi connectivity index (χ0n) is 10.3. The molecule has 0 aliphatic rings. The predicted octanol–water partition coefficient (Wildman–Crippen LogP) is 2.62. The second-order valence-electron chi connectivity index (χ2n) is 4.00. The number of thiocarbonyl (C=S) groups is 1. The monoisotopic (exact) mass is 266 g/mol. The Hall–Kier alpha value is -1.62. The van der Waals surface area contributed by atoms with E-state index in [4.69, 9.17) is 17.3 Å². The molecule has 0 unspecified atom stereocenters. The first-order valence-corrected chi connectivity index (χ1v) is 6.39. The quantitative estimate of drug-likeness (QED) is 0.691. The number of nitrogens with one attached hydrogen (secondary N) is 2. The van der Waals surface area contributed by atoms with Gasteiger partial charge in [0.25, 0.3) is 0 Å². The Labute approximate surface area is 112 Å². The van der Waals surface area contributed by atoms with E-state index in [0.29, 0.717) is 11.5 Å². The number of benzene rings is 1. The van der Waals surface area contributed by atoms with Crippen LogP contribution >= 0.6 is 12.2 Å². The molecule has 18 heavy (non-hydrogen) atoms. The minimum absolute atomic E-state index is 0.338. The van der Waals surface area contributed by atoms with Gasteiger partial charge >= 0.3 is 5.97 Å². The summed E-state index contributed by atoms with van der Waals surface area (Å²) in [6, 6.07) is 8.79. The minimum atomic E-state index is -0.874. The van der Waals surface area contributed by atoms with Crippen molar-refractivity contribution in [2.24, 2.45) is 0 Å². The van der Waals surface area contributed by atoms with Crippen molar-refractivity contribution in [2.75, 3.05) is 5.32 Å². The van der Waals surface area contributed by atoms with Gasteiger partial charge in [0, 0.05) is 5.69 Å². The molecule has 1 aromatic rings. The van der Waals surface area contributed by atoms with E-state index < -0.39 is 12.0 Å². The van der Waals surface area contributed by atoms with Crippen LogP contribution in [0.25, 0.3) is 0 Å². The maximum absolute atomic E-state index is 11.0. The maximum Gasteiger partial charge on any atom is 0.326 e. The highest BCUT2D eigenvalue weighted by molar-refractivity contribution is 7.80. The van der Waals surface area contributed by atoms with Crippen LogP contribution in [0, 0.1) is 0 Å². The van der Waals surface area contributed by atoms with Gasteiger partial charge in [0.2, 0.25) is 0 Å². The van der Waals surface area contributed by atoms with Crippen LogP contribution in [0.5, 0.6) is 0 Å². The SMILES string of the molecule is CCCC[C@@H](NC(=S)Nc1ccccc1)C(=O)O. The highest BCUT2D eigenvalue weighted by atomic mass is 32.1. The van der Waals surface area contributed by atoms with E-state index in [0.717, 1.165) is 18.5 Å². The molecule has 0 aromatic heterocycles. The summed E-state index contributed by atoms with van der Waals surface area (Å²) in [5.41, 5.74) is 0.842. The fourth-order valence-electron chi connectivity index (χ4n) is 1.51. The number of aliphatic carboxylic acids is 1. The van der Waals surface area contributed by atoms with Crippen molar-refractivity contribution in [3.8, 4) is 0 Å². The van der Waals surface area contributed by atoms with E-state index in [2.05, 4.69) is 10.6 Å². The number of anilines is 1. The third-order valence-corrected chi connectivity index (χ3v) is 2.70. The highest BCUT2D eigenvalue weighted by Crippen LogP contribution is 2.06. The van der Waals surface area contributed by atoms with E-state index in [1.54, 1.807) is 0 Å². The van der Waals surface area contributed by atoms with Gasteiger partial charge in [0.15, 0.2) is 5.11 Å². The van der Waals surface area contributed by atoms with Crippen LogP contribution in [0.15, 0.2) is 30.3 Å². The van der Waals surface area contributed by atoms with E-state index >= 15 is 0 Å². The summed E-state index contributed by atoms with van der Waals surface area (Å²) in [6.45, 7) is 2.03. The molecule has 98 valence electrons. The van der Waals surface area contributed by atoms with Gasteiger partial charge in [-0.15, -0.1) is 0 Å². The van der Waals surface area contributed by atoms with Crippen LogP contribution in [-0.2, 0) is 4.79 Å². The topological polar surface area (TPSA) is 61.4 Å². The van der Waals surface area contributed by atoms with Crippen LogP contribution in [0.3, 0.4) is 0 Å². The van der Waals surface area contributed by atoms with Crippen LogP contribution < -0.4 is 10.6 Å². The summed E-state index contributed by atoms with van der Waals surface area (Å²) in [7, 11) is 0. The van der Waals surface area contributed by atoms with Gasteiger partial charge in [-0.1, -0.05) is 38.0 Å². The van der Waals surface area contributed by atoms with Gasteiger partial charge in [0.05, 0.1) is 0 Å². The van der Waals surface area contributed by atoms with Crippen molar-refractivity contribution >= 4 is 29.0 Å². The summed E-state index contributed by atoms with van der Waals surface area (Å²) in [4.78, 5) is 11.0. The number of carboxylic acid groups (broad SMARTS) is 1. The Morgan fingerprint density at radius 1 is 1.39 bits per heavy atom. The summed E-state index contributed by atoms with van der Waals surface area (Å²) in [5.74, 6) is -0.874. The van der Waals surface area contributed by atoms with Crippen LogP contribution in [-0.4, -0.2) is 22.2 Å².